The molecule has 1 amide bonds. The minimum absolute atomic E-state index is 0.0424. The first-order valence-corrected chi connectivity index (χ1v) is 6.78. The van der Waals surface area contributed by atoms with Gasteiger partial charge in [0.25, 0.3) is 0 Å². The fourth-order valence-corrected chi connectivity index (χ4v) is 2.24. The van der Waals surface area contributed by atoms with Crippen LogP contribution in [0, 0.1) is 17.7 Å². The molecule has 1 aliphatic rings. The third kappa shape index (κ3) is 2.95. The highest BCUT2D eigenvalue weighted by Crippen LogP contribution is 2.26. The smallest absolute Gasteiger partial charge is 0.238 e. The largest absolute Gasteiger partial charge is 0.321 e. The van der Waals surface area contributed by atoms with Crippen molar-refractivity contribution >= 4 is 5.91 Å². The average molecular weight is 264 g/mol. The number of hydrogen-bond donors (Lipinski definition) is 1. The molecule has 0 saturated carbocycles. The second-order valence-corrected chi connectivity index (χ2v) is 5.57. The van der Waals surface area contributed by atoms with E-state index in [2.05, 4.69) is 26.1 Å². The maximum Gasteiger partial charge on any atom is 0.238 e. The molecule has 1 aliphatic heterocycles. The summed E-state index contributed by atoms with van der Waals surface area (Å²) >= 11 is 0. The molecular weight excluding hydrogens is 243 g/mol. The van der Waals surface area contributed by atoms with Gasteiger partial charge in [0.2, 0.25) is 5.91 Å². The second-order valence-electron chi connectivity index (χ2n) is 5.57. The number of hydrogen-bond acceptors (Lipinski definition) is 2. The van der Waals surface area contributed by atoms with E-state index in [4.69, 9.17) is 0 Å². The van der Waals surface area contributed by atoms with Crippen LogP contribution in [-0.2, 0) is 4.79 Å². The van der Waals surface area contributed by atoms with E-state index in [0.29, 0.717) is 23.9 Å². The van der Waals surface area contributed by atoms with Crippen molar-refractivity contribution in [3.63, 3.8) is 0 Å². The molecule has 1 saturated heterocycles. The van der Waals surface area contributed by atoms with Crippen molar-refractivity contribution in [3.8, 4) is 0 Å². The monoisotopic (exact) mass is 264 g/mol. The van der Waals surface area contributed by atoms with Crippen LogP contribution in [0.25, 0.3) is 0 Å². The predicted octanol–water partition coefficient (Wildman–Crippen LogP) is 2.55. The van der Waals surface area contributed by atoms with E-state index in [1.54, 1.807) is 23.1 Å². The molecule has 3 nitrogen and oxygen atoms in total. The maximum atomic E-state index is 13.9. The Morgan fingerprint density at radius 3 is 2.68 bits per heavy atom. The van der Waals surface area contributed by atoms with Crippen molar-refractivity contribution in [2.75, 3.05) is 13.1 Å². The van der Waals surface area contributed by atoms with E-state index in [9.17, 15) is 9.18 Å². The number of nitrogens with one attached hydrogen (secondary N) is 1. The molecule has 0 aromatic heterocycles. The predicted molar refractivity (Wildman–Crippen MR) is 72.9 cm³/mol. The summed E-state index contributed by atoms with van der Waals surface area (Å²) in [5.74, 6) is 0.658. The molecule has 104 valence electrons. The van der Waals surface area contributed by atoms with Crippen molar-refractivity contribution in [3.05, 3.63) is 35.6 Å². The molecule has 0 bridgehead atoms. The number of amides is 1. The topological polar surface area (TPSA) is 32.3 Å². The van der Waals surface area contributed by atoms with Crippen LogP contribution in [0.3, 0.4) is 0 Å². The average Bonchev–Trinajstić information content (AvgIpc) is 2.72. The normalized spacial score (nSPS) is 21.2. The summed E-state index contributed by atoms with van der Waals surface area (Å²) < 4.78 is 13.9. The molecule has 0 aliphatic carbocycles. The van der Waals surface area contributed by atoms with Gasteiger partial charge in [-0.25, -0.2) is 4.39 Å². The standard InChI is InChI=1S/C15H21FN2O/c1-10(2)11(3)9-18-14(19)8-17-15(18)12-6-4-5-7-13(12)16/h4-7,10-11,15,17H,8-9H2,1-3H3. The van der Waals surface area contributed by atoms with Gasteiger partial charge in [0.15, 0.2) is 0 Å². The number of benzene rings is 1. The number of halogens is 1. The van der Waals surface area contributed by atoms with E-state index >= 15 is 0 Å². The molecule has 1 aromatic carbocycles. The van der Waals surface area contributed by atoms with Crippen LogP contribution < -0.4 is 5.32 Å². The molecule has 0 spiro atoms. The Labute approximate surface area is 113 Å². The molecule has 0 radical (unpaired) electrons. The molecule has 2 unspecified atom stereocenters. The van der Waals surface area contributed by atoms with Crippen LogP contribution >= 0.6 is 0 Å². The van der Waals surface area contributed by atoms with Gasteiger partial charge < -0.3 is 4.90 Å². The summed E-state index contributed by atoms with van der Waals surface area (Å²) in [7, 11) is 0. The molecule has 2 atom stereocenters. The molecule has 4 heteroatoms. The lowest BCUT2D eigenvalue weighted by atomic mass is 9.97. The minimum Gasteiger partial charge on any atom is -0.321 e. The fraction of sp³-hybridized carbons (Fsp3) is 0.533. The summed E-state index contributed by atoms with van der Waals surface area (Å²) in [6.07, 6.45) is -0.338. The van der Waals surface area contributed by atoms with E-state index in [1.165, 1.54) is 6.07 Å². The van der Waals surface area contributed by atoms with Gasteiger partial charge in [-0.2, -0.15) is 0 Å². The first-order valence-electron chi connectivity index (χ1n) is 6.78. The number of carbonyl (C=O) groups is 1. The zero-order chi connectivity index (χ0) is 14.0. The number of nitrogens with zero attached hydrogens (tertiary/aromatic N) is 1. The van der Waals surface area contributed by atoms with Crippen molar-refractivity contribution in [1.82, 2.24) is 10.2 Å². The zero-order valence-electron chi connectivity index (χ0n) is 11.7. The summed E-state index contributed by atoms with van der Waals surface area (Å²) in [5.41, 5.74) is 0.546. The maximum absolute atomic E-state index is 13.9. The molecule has 1 aromatic rings. The molecule has 1 heterocycles. The van der Waals surface area contributed by atoms with Crippen LogP contribution in [0.4, 0.5) is 4.39 Å². The van der Waals surface area contributed by atoms with Gasteiger partial charge in [0.1, 0.15) is 12.0 Å². The van der Waals surface area contributed by atoms with Crippen LogP contribution in [0.1, 0.15) is 32.5 Å². The Hall–Kier alpha value is -1.42. The van der Waals surface area contributed by atoms with Gasteiger partial charge in [0.05, 0.1) is 6.54 Å². The number of rotatable bonds is 4. The Kier molecular flexibility index (Phi) is 4.20. The molecule has 1 fully saturated rings. The highest BCUT2D eigenvalue weighted by molar-refractivity contribution is 5.81. The Morgan fingerprint density at radius 2 is 2.05 bits per heavy atom. The lowest BCUT2D eigenvalue weighted by molar-refractivity contribution is -0.128. The minimum atomic E-state index is -0.338. The molecule has 19 heavy (non-hydrogen) atoms. The molecule has 1 N–H and O–H groups in total. The van der Waals surface area contributed by atoms with E-state index in [0.717, 1.165) is 0 Å². The quantitative estimate of drug-likeness (QED) is 0.906. The van der Waals surface area contributed by atoms with Crippen molar-refractivity contribution in [2.24, 2.45) is 11.8 Å². The summed E-state index contributed by atoms with van der Waals surface area (Å²) in [6, 6.07) is 6.63. The van der Waals surface area contributed by atoms with Gasteiger partial charge in [-0.15, -0.1) is 0 Å². The van der Waals surface area contributed by atoms with Crippen LogP contribution in [0.2, 0.25) is 0 Å². The van der Waals surface area contributed by atoms with Gasteiger partial charge in [-0.3, -0.25) is 10.1 Å². The first-order chi connectivity index (χ1) is 9.00. The molecular formula is C15H21FN2O. The Morgan fingerprint density at radius 1 is 1.37 bits per heavy atom. The summed E-state index contributed by atoms with van der Waals surface area (Å²) in [5, 5.41) is 3.09. The van der Waals surface area contributed by atoms with E-state index in [1.807, 2.05) is 0 Å². The van der Waals surface area contributed by atoms with Crippen LogP contribution in [0.5, 0.6) is 0 Å². The Balaban J connectivity index is 2.20. The number of carbonyl (C=O) groups excluding carboxylic acids is 1. The van der Waals surface area contributed by atoms with E-state index < -0.39 is 0 Å². The van der Waals surface area contributed by atoms with Gasteiger partial charge in [-0.05, 0) is 17.9 Å². The third-order valence-corrected chi connectivity index (χ3v) is 3.90. The van der Waals surface area contributed by atoms with Crippen LogP contribution in [0.15, 0.2) is 24.3 Å². The van der Waals surface area contributed by atoms with Crippen LogP contribution in [-0.4, -0.2) is 23.9 Å². The Bertz CT molecular complexity index is 461. The van der Waals surface area contributed by atoms with Crippen molar-refractivity contribution < 1.29 is 9.18 Å². The SMILES string of the molecule is CC(C)C(C)CN1C(=O)CNC1c1ccccc1F. The lowest BCUT2D eigenvalue weighted by Gasteiger charge is -2.29. The summed E-state index contributed by atoms with van der Waals surface area (Å²) in [4.78, 5) is 13.7. The third-order valence-electron chi connectivity index (χ3n) is 3.90. The van der Waals surface area contributed by atoms with E-state index in [-0.39, 0.29) is 24.4 Å². The van der Waals surface area contributed by atoms with Crippen molar-refractivity contribution in [2.45, 2.75) is 26.9 Å². The second kappa shape index (κ2) is 5.70. The summed E-state index contributed by atoms with van der Waals surface area (Å²) in [6.45, 7) is 7.33. The van der Waals surface area contributed by atoms with Gasteiger partial charge in [0, 0.05) is 12.1 Å². The highest BCUT2D eigenvalue weighted by atomic mass is 19.1. The fourth-order valence-electron chi connectivity index (χ4n) is 2.24. The van der Waals surface area contributed by atoms with Gasteiger partial charge >= 0.3 is 0 Å². The van der Waals surface area contributed by atoms with Gasteiger partial charge in [-0.1, -0.05) is 39.0 Å². The molecule has 2 rings (SSSR count). The highest BCUT2D eigenvalue weighted by Gasteiger charge is 2.34. The first kappa shape index (κ1) is 14.0. The zero-order valence-corrected chi connectivity index (χ0v) is 11.7. The van der Waals surface area contributed by atoms with Crippen molar-refractivity contribution in [1.29, 1.82) is 0 Å². The lowest BCUT2D eigenvalue weighted by Crippen LogP contribution is -2.35.